The highest BCUT2D eigenvalue weighted by atomic mass is 35.5. The number of rotatable bonds is 4. The molecule has 1 aromatic carbocycles. The number of carbonyl (C=O) groups excluding carboxylic acids is 1. The number of benzene rings is 1. The number of thioether (sulfide) groups is 1. The first kappa shape index (κ1) is 11.6. The third-order valence-electron chi connectivity index (χ3n) is 2.26. The SMILES string of the molecule is Nc1ccc(Cl)c(SCC(=O)NC2CC2)c1. The van der Waals surface area contributed by atoms with Crippen molar-refractivity contribution in [3.05, 3.63) is 23.2 Å². The van der Waals surface area contributed by atoms with Gasteiger partial charge in [-0.05, 0) is 31.0 Å². The lowest BCUT2D eigenvalue weighted by molar-refractivity contribution is -0.118. The number of amides is 1. The van der Waals surface area contributed by atoms with E-state index < -0.39 is 0 Å². The smallest absolute Gasteiger partial charge is 0.230 e. The molecule has 86 valence electrons. The van der Waals surface area contributed by atoms with Gasteiger partial charge in [0.25, 0.3) is 0 Å². The molecule has 3 nitrogen and oxygen atoms in total. The average molecular weight is 257 g/mol. The Kier molecular flexibility index (Phi) is 3.61. The van der Waals surface area contributed by atoms with E-state index in [0.29, 0.717) is 22.5 Å². The molecule has 0 heterocycles. The first-order chi connectivity index (χ1) is 7.65. The van der Waals surface area contributed by atoms with Crippen LogP contribution in [0.15, 0.2) is 23.1 Å². The lowest BCUT2D eigenvalue weighted by Gasteiger charge is -2.05. The van der Waals surface area contributed by atoms with E-state index in [4.69, 9.17) is 17.3 Å². The molecule has 1 saturated carbocycles. The highest BCUT2D eigenvalue weighted by molar-refractivity contribution is 8.00. The molecule has 2 rings (SSSR count). The Morgan fingerprint density at radius 2 is 2.31 bits per heavy atom. The standard InChI is InChI=1S/C11H13ClN2OS/c12-9-4-1-7(13)5-10(9)16-6-11(15)14-8-2-3-8/h1,4-5,8H,2-3,6,13H2,(H,14,15). The fourth-order valence-electron chi connectivity index (χ4n) is 1.27. The van der Waals surface area contributed by atoms with Gasteiger partial charge in [0.15, 0.2) is 0 Å². The molecular formula is C11H13ClN2OS. The van der Waals surface area contributed by atoms with E-state index >= 15 is 0 Å². The van der Waals surface area contributed by atoms with Crippen molar-refractivity contribution in [2.75, 3.05) is 11.5 Å². The van der Waals surface area contributed by atoms with Gasteiger partial charge in [-0.15, -0.1) is 11.8 Å². The van der Waals surface area contributed by atoms with E-state index in [9.17, 15) is 4.79 Å². The lowest BCUT2D eigenvalue weighted by atomic mass is 10.3. The molecule has 0 unspecified atom stereocenters. The van der Waals surface area contributed by atoms with Crippen LogP contribution in [0.5, 0.6) is 0 Å². The minimum absolute atomic E-state index is 0.0611. The number of carbonyl (C=O) groups is 1. The molecule has 0 atom stereocenters. The van der Waals surface area contributed by atoms with Crippen molar-refractivity contribution in [1.29, 1.82) is 0 Å². The summed E-state index contributed by atoms with van der Waals surface area (Å²) < 4.78 is 0. The number of nitrogens with one attached hydrogen (secondary N) is 1. The maximum atomic E-state index is 11.5. The van der Waals surface area contributed by atoms with E-state index in [-0.39, 0.29) is 5.91 Å². The van der Waals surface area contributed by atoms with Crippen LogP contribution in [0.25, 0.3) is 0 Å². The highest BCUT2D eigenvalue weighted by Crippen LogP contribution is 2.29. The molecular weight excluding hydrogens is 244 g/mol. The molecule has 0 saturated heterocycles. The van der Waals surface area contributed by atoms with Gasteiger partial charge in [-0.3, -0.25) is 4.79 Å². The van der Waals surface area contributed by atoms with Crippen molar-refractivity contribution in [3.8, 4) is 0 Å². The Hall–Kier alpha value is -0.870. The molecule has 5 heteroatoms. The summed E-state index contributed by atoms with van der Waals surface area (Å²) >= 11 is 7.40. The van der Waals surface area contributed by atoms with Gasteiger partial charge < -0.3 is 11.1 Å². The molecule has 0 aliphatic heterocycles. The van der Waals surface area contributed by atoms with Gasteiger partial charge in [-0.2, -0.15) is 0 Å². The zero-order chi connectivity index (χ0) is 11.5. The zero-order valence-electron chi connectivity index (χ0n) is 8.70. The molecule has 0 bridgehead atoms. The second kappa shape index (κ2) is 4.97. The second-order valence-corrected chi connectivity index (χ2v) is 5.24. The van der Waals surface area contributed by atoms with Gasteiger partial charge in [0.05, 0.1) is 10.8 Å². The maximum Gasteiger partial charge on any atom is 0.230 e. The van der Waals surface area contributed by atoms with Gasteiger partial charge in [-0.1, -0.05) is 11.6 Å². The topological polar surface area (TPSA) is 55.1 Å². The van der Waals surface area contributed by atoms with E-state index in [2.05, 4.69) is 5.32 Å². The van der Waals surface area contributed by atoms with Crippen LogP contribution in [0.1, 0.15) is 12.8 Å². The van der Waals surface area contributed by atoms with Crippen molar-refractivity contribution < 1.29 is 4.79 Å². The molecule has 1 aliphatic rings. The van der Waals surface area contributed by atoms with Crippen molar-refractivity contribution in [2.45, 2.75) is 23.8 Å². The van der Waals surface area contributed by atoms with Crippen molar-refractivity contribution in [2.24, 2.45) is 0 Å². The van der Waals surface area contributed by atoms with Gasteiger partial charge in [0, 0.05) is 16.6 Å². The summed E-state index contributed by atoms with van der Waals surface area (Å²) in [4.78, 5) is 12.3. The minimum atomic E-state index is 0.0611. The van der Waals surface area contributed by atoms with Crippen LogP contribution in [0.3, 0.4) is 0 Å². The van der Waals surface area contributed by atoms with Gasteiger partial charge in [0.2, 0.25) is 5.91 Å². The first-order valence-corrected chi connectivity index (χ1v) is 6.48. The molecule has 1 fully saturated rings. The van der Waals surface area contributed by atoms with Gasteiger partial charge in [0.1, 0.15) is 0 Å². The van der Waals surface area contributed by atoms with Crippen LogP contribution in [-0.4, -0.2) is 17.7 Å². The summed E-state index contributed by atoms with van der Waals surface area (Å²) in [6, 6.07) is 5.69. The van der Waals surface area contributed by atoms with Crippen LogP contribution in [-0.2, 0) is 4.79 Å². The van der Waals surface area contributed by atoms with Crippen LogP contribution in [0, 0.1) is 0 Å². The molecule has 0 radical (unpaired) electrons. The summed E-state index contributed by atoms with van der Waals surface area (Å²) in [6.07, 6.45) is 2.21. The number of hydrogen-bond acceptors (Lipinski definition) is 3. The Morgan fingerprint density at radius 1 is 1.56 bits per heavy atom. The Balaban J connectivity index is 1.87. The van der Waals surface area contributed by atoms with Crippen LogP contribution < -0.4 is 11.1 Å². The summed E-state index contributed by atoms with van der Waals surface area (Å²) in [7, 11) is 0. The molecule has 0 spiro atoms. The van der Waals surface area contributed by atoms with Crippen molar-refractivity contribution in [3.63, 3.8) is 0 Å². The van der Waals surface area contributed by atoms with Crippen molar-refractivity contribution >= 4 is 35.0 Å². The van der Waals surface area contributed by atoms with Gasteiger partial charge >= 0.3 is 0 Å². The fraction of sp³-hybridized carbons (Fsp3) is 0.364. The van der Waals surface area contributed by atoms with E-state index in [1.54, 1.807) is 18.2 Å². The third kappa shape index (κ3) is 3.32. The average Bonchev–Trinajstić information content (AvgIpc) is 3.03. The second-order valence-electron chi connectivity index (χ2n) is 3.82. The minimum Gasteiger partial charge on any atom is -0.399 e. The van der Waals surface area contributed by atoms with Crippen molar-refractivity contribution in [1.82, 2.24) is 5.32 Å². The first-order valence-electron chi connectivity index (χ1n) is 5.12. The Bertz CT molecular complexity index is 407. The number of anilines is 1. The van der Waals surface area contributed by atoms with Crippen LogP contribution >= 0.6 is 23.4 Å². The molecule has 16 heavy (non-hydrogen) atoms. The number of nitrogen functional groups attached to an aromatic ring is 1. The molecule has 1 amide bonds. The highest BCUT2D eigenvalue weighted by Gasteiger charge is 2.23. The summed E-state index contributed by atoms with van der Waals surface area (Å²) in [5.41, 5.74) is 6.31. The molecule has 1 aromatic rings. The summed E-state index contributed by atoms with van der Waals surface area (Å²) in [5, 5.41) is 3.56. The van der Waals surface area contributed by atoms with E-state index in [1.165, 1.54) is 11.8 Å². The van der Waals surface area contributed by atoms with Crippen LogP contribution in [0.2, 0.25) is 5.02 Å². The predicted octanol–water partition coefficient (Wildman–Crippen LogP) is 2.29. The Morgan fingerprint density at radius 3 is 3.00 bits per heavy atom. The number of nitrogens with two attached hydrogens (primary N) is 1. The quantitative estimate of drug-likeness (QED) is 0.642. The zero-order valence-corrected chi connectivity index (χ0v) is 10.3. The molecule has 1 aliphatic carbocycles. The largest absolute Gasteiger partial charge is 0.399 e. The molecule has 0 aromatic heterocycles. The number of halogens is 1. The Labute approximate surface area is 104 Å². The van der Waals surface area contributed by atoms with Crippen LogP contribution in [0.4, 0.5) is 5.69 Å². The summed E-state index contributed by atoms with van der Waals surface area (Å²) in [5.74, 6) is 0.450. The lowest BCUT2D eigenvalue weighted by Crippen LogP contribution is -2.26. The fourth-order valence-corrected chi connectivity index (χ4v) is 2.35. The third-order valence-corrected chi connectivity index (χ3v) is 3.75. The van der Waals surface area contributed by atoms with E-state index in [0.717, 1.165) is 17.7 Å². The predicted molar refractivity (Wildman–Crippen MR) is 67.8 cm³/mol. The maximum absolute atomic E-state index is 11.5. The van der Waals surface area contributed by atoms with E-state index in [1.807, 2.05) is 0 Å². The monoisotopic (exact) mass is 256 g/mol. The normalized spacial score (nSPS) is 14.8. The van der Waals surface area contributed by atoms with Gasteiger partial charge in [-0.25, -0.2) is 0 Å². The number of hydrogen-bond donors (Lipinski definition) is 2. The summed E-state index contributed by atoms with van der Waals surface area (Å²) in [6.45, 7) is 0. The molecule has 3 N–H and O–H groups in total.